The highest BCUT2D eigenvalue weighted by Crippen LogP contribution is 2.31. The van der Waals surface area contributed by atoms with Gasteiger partial charge in [-0.15, -0.1) is 0 Å². The summed E-state index contributed by atoms with van der Waals surface area (Å²) in [6.07, 6.45) is 3.08. The average molecular weight is 228 g/mol. The van der Waals surface area contributed by atoms with Crippen LogP contribution in [0.25, 0.3) is 0 Å². The zero-order valence-corrected chi connectivity index (χ0v) is 10.6. The van der Waals surface area contributed by atoms with Crippen LogP contribution in [0.2, 0.25) is 0 Å². The van der Waals surface area contributed by atoms with Gasteiger partial charge >= 0.3 is 0 Å². The van der Waals surface area contributed by atoms with Gasteiger partial charge < -0.3 is 10.0 Å². The molecule has 4 nitrogen and oxygen atoms in total. The molecule has 1 aliphatic carbocycles. The Labute approximate surface area is 98.0 Å². The second-order valence-electron chi connectivity index (χ2n) is 4.67. The number of likely N-dealkylation sites (N-methyl/N-ethyl adjacent to an activating group) is 1. The highest BCUT2D eigenvalue weighted by atomic mass is 16.3. The first-order valence-electron chi connectivity index (χ1n) is 6.26. The van der Waals surface area contributed by atoms with E-state index in [1.165, 1.54) is 0 Å². The summed E-state index contributed by atoms with van der Waals surface area (Å²) in [6.45, 7) is 7.47. The lowest BCUT2D eigenvalue weighted by Gasteiger charge is -2.43. The number of carbonyl (C=O) groups excluding carboxylic acids is 1. The van der Waals surface area contributed by atoms with Crippen LogP contribution >= 0.6 is 0 Å². The van der Waals surface area contributed by atoms with Gasteiger partial charge in [0.15, 0.2) is 0 Å². The molecule has 0 bridgehead atoms. The summed E-state index contributed by atoms with van der Waals surface area (Å²) < 4.78 is 0. The van der Waals surface area contributed by atoms with Crippen LogP contribution in [0.5, 0.6) is 0 Å². The molecule has 1 fully saturated rings. The van der Waals surface area contributed by atoms with E-state index in [4.69, 9.17) is 0 Å². The number of carbonyl (C=O) groups is 1. The van der Waals surface area contributed by atoms with Crippen molar-refractivity contribution < 1.29 is 9.90 Å². The van der Waals surface area contributed by atoms with Gasteiger partial charge in [-0.25, -0.2) is 0 Å². The summed E-state index contributed by atoms with van der Waals surface area (Å²) >= 11 is 0. The molecule has 16 heavy (non-hydrogen) atoms. The van der Waals surface area contributed by atoms with Gasteiger partial charge in [-0.3, -0.25) is 10.1 Å². The average Bonchev–Trinajstić information content (AvgIpc) is 2.24. The van der Waals surface area contributed by atoms with Crippen molar-refractivity contribution in [3.05, 3.63) is 0 Å². The Morgan fingerprint density at radius 2 is 2.00 bits per heavy atom. The number of aliphatic hydroxyl groups excluding tert-OH is 1. The molecule has 1 amide bonds. The van der Waals surface area contributed by atoms with Gasteiger partial charge in [-0.05, 0) is 40.0 Å². The van der Waals surface area contributed by atoms with E-state index < -0.39 is 0 Å². The van der Waals surface area contributed by atoms with Crippen LogP contribution in [0, 0.1) is 0 Å². The minimum atomic E-state index is -0.202. The maximum absolute atomic E-state index is 12.0. The summed E-state index contributed by atoms with van der Waals surface area (Å²) in [7, 11) is 0. The molecule has 2 N–H and O–H groups in total. The minimum absolute atomic E-state index is 0.128. The van der Waals surface area contributed by atoms with E-state index >= 15 is 0 Å². The molecule has 1 rings (SSSR count). The molecule has 0 radical (unpaired) electrons. The minimum Gasteiger partial charge on any atom is -0.394 e. The van der Waals surface area contributed by atoms with Crippen LogP contribution in [-0.2, 0) is 4.79 Å². The first-order valence-corrected chi connectivity index (χ1v) is 6.26. The van der Waals surface area contributed by atoms with Crippen molar-refractivity contribution in [2.75, 3.05) is 19.7 Å². The molecule has 0 saturated heterocycles. The summed E-state index contributed by atoms with van der Waals surface area (Å²) in [6, 6.07) is -0.202. The molecule has 94 valence electrons. The zero-order chi connectivity index (χ0) is 12.2. The van der Waals surface area contributed by atoms with Gasteiger partial charge in [-0.2, -0.15) is 0 Å². The number of nitrogens with one attached hydrogen (secondary N) is 1. The van der Waals surface area contributed by atoms with Gasteiger partial charge in [0, 0.05) is 18.6 Å². The standard InChI is InChI=1S/C12H24N2O2/c1-4-14(5-2)11(16)10(3)13-12(9-15)7-6-8-12/h10,13,15H,4-9H2,1-3H3. The number of nitrogens with zero attached hydrogens (tertiary/aromatic N) is 1. The first kappa shape index (κ1) is 13.5. The predicted octanol–water partition coefficient (Wildman–Crippen LogP) is 0.748. The fraction of sp³-hybridized carbons (Fsp3) is 0.917. The summed E-state index contributed by atoms with van der Waals surface area (Å²) in [5, 5.41) is 12.6. The van der Waals surface area contributed by atoms with Crippen molar-refractivity contribution >= 4 is 5.91 Å². The fourth-order valence-corrected chi connectivity index (χ4v) is 2.28. The highest BCUT2D eigenvalue weighted by Gasteiger charge is 2.38. The molecule has 1 unspecified atom stereocenters. The molecule has 1 atom stereocenters. The van der Waals surface area contributed by atoms with Crippen LogP contribution < -0.4 is 5.32 Å². The Morgan fingerprint density at radius 1 is 1.44 bits per heavy atom. The number of aliphatic hydroxyl groups is 1. The maximum Gasteiger partial charge on any atom is 0.239 e. The molecule has 0 aliphatic heterocycles. The van der Waals surface area contributed by atoms with Crippen molar-refractivity contribution in [1.82, 2.24) is 10.2 Å². The van der Waals surface area contributed by atoms with E-state index in [9.17, 15) is 9.90 Å². The van der Waals surface area contributed by atoms with Gasteiger partial charge in [0.2, 0.25) is 5.91 Å². The van der Waals surface area contributed by atoms with Crippen molar-refractivity contribution in [3.8, 4) is 0 Å². The summed E-state index contributed by atoms with van der Waals surface area (Å²) in [4.78, 5) is 13.8. The van der Waals surface area contributed by atoms with Crippen molar-refractivity contribution in [2.45, 2.75) is 51.6 Å². The Balaban J connectivity index is 2.50. The zero-order valence-electron chi connectivity index (χ0n) is 10.6. The molecule has 0 spiro atoms. The first-order chi connectivity index (χ1) is 7.58. The van der Waals surface area contributed by atoms with Crippen LogP contribution in [0.1, 0.15) is 40.0 Å². The highest BCUT2D eigenvalue weighted by molar-refractivity contribution is 5.81. The fourth-order valence-electron chi connectivity index (χ4n) is 2.28. The Bertz CT molecular complexity index is 230. The van der Waals surface area contributed by atoms with E-state index in [0.717, 1.165) is 32.4 Å². The summed E-state index contributed by atoms with van der Waals surface area (Å²) in [5.74, 6) is 0.129. The van der Waals surface area contributed by atoms with E-state index in [0.29, 0.717) is 0 Å². The normalized spacial score (nSPS) is 20.0. The van der Waals surface area contributed by atoms with E-state index in [1.807, 2.05) is 25.7 Å². The molecule has 0 aromatic heterocycles. The van der Waals surface area contributed by atoms with Crippen molar-refractivity contribution in [3.63, 3.8) is 0 Å². The Kier molecular flexibility index (Phi) is 4.74. The SMILES string of the molecule is CCN(CC)C(=O)C(C)NC1(CO)CCC1. The summed E-state index contributed by atoms with van der Waals surface area (Å²) in [5.41, 5.74) is -0.192. The largest absolute Gasteiger partial charge is 0.394 e. The maximum atomic E-state index is 12.0. The van der Waals surface area contributed by atoms with E-state index in [-0.39, 0.29) is 24.1 Å². The van der Waals surface area contributed by atoms with Gasteiger partial charge in [0.1, 0.15) is 0 Å². The molecular weight excluding hydrogens is 204 g/mol. The topological polar surface area (TPSA) is 52.6 Å². The molecular formula is C12H24N2O2. The van der Waals surface area contributed by atoms with Crippen LogP contribution in [0.3, 0.4) is 0 Å². The van der Waals surface area contributed by atoms with Gasteiger partial charge in [-0.1, -0.05) is 0 Å². The van der Waals surface area contributed by atoms with E-state index in [1.54, 1.807) is 0 Å². The second kappa shape index (κ2) is 5.64. The third-order valence-electron chi connectivity index (χ3n) is 3.58. The third-order valence-corrected chi connectivity index (χ3v) is 3.58. The lowest BCUT2D eigenvalue weighted by atomic mass is 9.77. The van der Waals surface area contributed by atoms with Crippen LogP contribution in [0.15, 0.2) is 0 Å². The van der Waals surface area contributed by atoms with E-state index in [2.05, 4.69) is 5.32 Å². The molecule has 4 heteroatoms. The van der Waals surface area contributed by atoms with Gasteiger partial charge in [0.05, 0.1) is 12.6 Å². The number of hydrogen-bond acceptors (Lipinski definition) is 3. The van der Waals surface area contributed by atoms with Crippen LogP contribution in [0.4, 0.5) is 0 Å². The molecule has 1 saturated carbocycles. The smallest absolute Gasteiger partial charge is 0.239 e. The predicted molar refractivity (Wildman–Crippen MR) is 64.2 cm³/mol. The van der Waals surface area contributed by atoms with Crippen molar-refractivity contribution in [2.24, 2.45) is 0 Å². The monoisotopic (exact) mass is 228 g/mol. The number of rotatable bonds is 6. The Hall–Kier alpha value is -0.610. The lowest BCUT2D eigenvalue weighted by molar-refractivity contribution is -0.133. The number of amides is 1. The lowest BCUT2D eigenvalue weighted by Crippen LogP contribution is -2.60. The third kappa shape index (κ3) is 2.74. The number of hydrogen-bond donors (Lipinski definition) is 2. The van der Waals surface area contributed by atoms with Crippen LogP contribution in [-0.4, -0.2) is 47.2 Å². The Morgan fingerprint density at radius 3 is 2.31 bits per heavy atom. The molecule has 1 aliphatic rings. The van der Waals surface area contributed by atoms with Crippen molar-refractivity contribution in [1.29, 1.82) is 0 Å². The molecule has 0 heterocycles. The van der Waals surface area contributed by atoms with Gasteiger partial charge in [0.25, 0.3) is 0 Å². The quantitative estimate of drug-likeness (QED) is 0.705. The molecule has 0 aromatic rings. The second-order valence-corrected chi connectivity index (χ2v) is 4.67. The molecule has 0 aromatic carbocycles.